The van der Waals surface area contributed by atoms with E-state index in [4.69, 9.17) is 4.99 Å². The number of rotatable bonds is 5. The minimum atomic E-state index is -6.00. The van der Waals surface area contributed by atoms with Gasteiger partial charge in [-0.05, 0) is 24.3 Å². The second-order valence-corrected chi connectivity index (χ2v) is 8.13. The quantitative estimate of drug-likeness (QED) is 0.190. The number of halogens is 4. The van der Waals surface area contributed by atoms with Crippen molar-refractivity contribution in [2.75, 3.05) is 0 Å². The molecule has 0 aliphatic carbocycles. The number of benzene rings is 4. The molecule has 14 heteroatoms. The Bertz CT molecular complexity index is 1730. The zero-order valence-electron chi connectivity index (χ0n) is 20.7. The summed E-state index contributed by atoms with van der Waals surface area (Å²) in [4.78, 5) is 7.93. The molecule has 0 fully saturated rings. The highest BCUT2D eigenvalue weighted by atomic mass is 19.5. The summed E-state index contributed by atoms with van der Waals surface area (Å²) in [6.45, 7) is 0. The van der Waals surface area contributed by atoms with Crippen LogP contribution in [0.1, 0.15) is 0 Å². The van der Waals surface area contributed by atoms with E-state index in [1.807, 2.05) is 121 Å². The fourth-order valence-corrected chi connectivity index (χ4v) is 3.59. The van der Waals surface area contributed by atoms with Gasteiger partial charge in [0.1, 0.15) is 5.62 Å². The van der Waals surface area contributed by atoms with Crippen LogP contribution in [-0.2, 0) is 0 Å². The van der Waals surface area contributed by atoms with Gasteiger partial charge in [0.15, 0.2) is 5.69 Å². The third-order valence-electron chi connectivity index (χ3n) is 5.27. The van der Waals surface area contributed by atoms with Gasteiger partial charge in [0.05, 0.1) is 5.21 Å². The van der Waals surface area contributed by atoms with E-state index in [1.165, 1.54) is 0 Å². The molecule has 9 nitrogen and oxygen atoms in total. The molecule has 0 unspecified atom stereocenters. The number of hydrogen-bond donors (Lipinski definition) is 0. The van der Waals surface area contributed by atoms with Crippen molar-refractivity contribution in [2.45, 2.75) is 0 Å². The summed E-state index contributed by atoms with van der Waals surface area (Å²) in [5, 5.41) is 18.7. The molecule has 2 aromatic heterocycles. The monoisotopic (exact) mass is 545 g/mol. The Morgan fingerprint density at radius 3 is 1.60 bits per heavy atom. The molecular weight excluding hydrogens is 525 g/mol. The summed E-state index contributed by atoms with van der Waals surface area (Å²) in [7, 11) is -6.00. The van der Waals surface area contributed by atoms with Crippen molar-refractivity contribution >= 4 is 13.2 Å². The first-order valence-corrected chi connectivity index (χ1v) is 12.0. The molecule has 0 N–H and O–H groups in total. The Labute approximate surface area is 225 Å². The second-order valence-electron chi connectivity index (χ2n) is 8.13. The van der Waals surface area contributed by atoms with Crippen molar-refractivity contribution in [2.24, 2.45) is 4.99 Å². The lowest BCUT2D eigenvalue weighted by Gasteiger charge is -2.04. The molecule has 0 amide bonds. The van der Waals surface area contributed by atoms with Gasteiger partial charge >= 0.3 is 13.2 Å². The number of para-hydroxylation sites is 4. The highest BCUT2D eigenvalue weighted by molar-refractivity contribution is 6.50. The fraction of sp³-hybridized carbons (Fsp3) is 0. The highest BCUT2D eigenvalue weighted by Crippen LogP contribution is 2.07. The van der Waals surface area contributed by atoms with Crippen LogP contribution in [0.25, 0.3) is 22.7 Å². The van der Waals surface area contributed by atoms with Gasteiger partial charge in [-0.2, -0.15) is 0 Å². The number of tetrazole rings is 2. The van der Waals surface area contributed by atoms with Crippen molar-refractivity contribution in [1.82, 2.24) is 25.3 Å². The number of nitrogens with zero attached hydrogens (tertiary/aromatic N) is 9. The average Bonchev–Trinajstić information content (AvgIpc) is 3.59. The molecule has 0 aliphatic heterocycles. The largest absolute Gasteiger partial charge is 0.673 e. The molecule has 0 atom stereocenters. The van der Waals surface area contributed by atoms with E-state index in [-0.39, 0.29) is 0 Å². The zero-order chi connectivity index (χ0) is 28.0. The van der Waals surface area contributed by atoms with Gasteiger partial charge in [0.25, 0.3) is 0 Å². The van der Waals surface area contributed by atoms with Crippen molar-refractivity contribution in [3.05, 3.63) is 127 Å². The van der Waals surface area contributed by atoms with Gasteiger partial charge in [-0.1, -0.05) is 87.4 Å². The molecule has 0 radical (unpaired) electrons. The first-order chi connectivity index (χ1) is 19.3. The van der Waals surface area contributed by atoms with E-state index in [0.717, 1.165) is 22.7 Å². The van der Waals surface area contributed by atoms with Crippen LogP contribution in [0.2, 0.25) is 0 Å². The van der Waals surface area contributed by atoms with E-state index in [9.17, 15) is 17.3 Å². The molecule has 6 aromatic rings. The molecule has 2 heterocycles. The molecule has 200 valence electrons. The summed E-state index contributed by atoms with van der Waals surface area (Å²) in [5.41, 5.74) is 3.67. The summed E-state index contributed by atoms with van der Waals surface area (Å²) < 4.78 is 42.4. The van der Waals surface area contributed by atoms with Crippen molar-refractivity contribution < 1.29 is 31.5 Å². The van der Waals surface area contributed by atoms with Gasteiger partial charge in [0.2, 0.25) is 11.4 Å². The van der Waals surface area contributed by atoms with Gasteiger partial charge in [0, 0.05) is 30.0 Å². The van der Waals surface area contributed by atoms with Gasteiger partial charge in [-0.3, -0.25) is 9.67 Å². The third kappa shape index (κ3) is 6.53. The summed E-state index contributed by atoms with van der Waals surface area (Å²) in [6, 6.07) is 38.9. The Morgan fingerprint density at radius 2 is 1.07 bits per heavy atom. The minimum absolute atomic E-state index is 0.366. The molecule has 0 aliphatic rings. The van der Waals surface area contributed by atoms with Crippen LogP contribution in [0.3, 0.4) is 0 Å². The fourth-order valence-electron chi connectivity index (χ4n) is 3.59. The van der Waals surface area contributed by atoms with Crippen LogP contribution in [-0.4, -0.2) is 22.2 Å². The Balaban J connectivity index is 0.000000595. The van der Waals surface area contributed by atoms with Crippen LogP contribution >= 0.6 is 0 Å². The van der Waals surface area contributed by atoms with Gasteiger partial charge in [-0.25, -0.2) is 0 Å². The van der Waals surface area contributed by atoms with E-state index in [2.05, 4.69) is 20.6 Å². The van der Waals surface area contributed by atoms with Crippen LogP contribution in [0.15, 0.2) is 126 Å². The molecule has 0 saturated carbocycles. The van der Waals surface area contributed by atoms with Gasteiger partial charge in [-0.15, -0.1) is 15.1 Å². The predicted octanol–water partition coefficient (Wildman–Crippen LogP) is 2.54. The molecule has 0 spiro atoms. The predicted molar refractivity (Wildman–Crippen MR) is 134 cm³/mol. The van der Waals surface area contributed by atoms with E-state index < -0.39 is 7.25 Å². The first kappa shape index (κ1) is 26.2. The topological polar surface area (TPSA) is 82.9 Å². The first-order valence-electron chi connectivity index (χ1n) is 12.0. The molecule has 4 aromatic carbocycles. The summed E-state index contributed by atoms with van der Waals surface area (Å²) in [6.07, 6.45) is 0. The maximum atomic E-state index is 9.75. The Kier molecular flexibility index (Phi) is 7.57. The lowest BCUT2D eigenvalue weighted by atomic mass is 10.3. The van der Waals surface area contributed by atoms with Crippen LogP contribution in [0.4, 0.5) is 23.2 Å². The maximum Gasteiger partial charge on any atom is 0.673 e. The minimum Gasteiger partial charge on any atom is -0.418 e. The molecule has 0 bridgehead atoms. The van der Waals surface area contributed by atoms with Crippen LogP contribution in [0.5, 0.6) is 0 Å². The average molecular weight is 545 g/mol. The lowest BCUT2D eigenvalue weighted by molar-refractivity contribution is -0.831. The van der Waals surface area contributed by atoms with Crippen molar-refractivity contribution in [3.8, 4) is 22.7 Å². The Morgan fingerprint density at radius 1 is 0.625 bits per heavy atom. The smallest absolute Gasteiger partial charge is 0.418 e. The molecule has 40 heavy (non-hydrogen) atoms. The van der Waals surface area contributed by atoms with E-state index in [1.54, 1.807) is 19.0 Å². The SMILES string of the molecule is F[B-](F)(F)F.c1ccc(-n2n[n+](-c3ccccc3)[n-]/c2=N\c2n[n+](-c3ccccc3)[n-][n+]2-c2ccccc2)cc1. The van der Waals surface area contributed by atoms with Gasteiger partial charge < -0.3 is 17.3 Å². The second kappa shape index (κ2) is 11.6. The lowest BCUT2D eigenvalue weighted by Crippen LogP contribution is -2.47. The van der Waals surface area contributed by atoms with Crippen molar-refractivity contribution in [3.63, 3.8) is 0 Å². The Hall–Kier alpha value is -5.40. The number of aromatic nitrogens is 8. The third-order valence-corrected chi connectivity index (χ3v) is 5.27. The zero-order valence-corrected chi connectivity index (χ0v) is 20.7. The van der Waals surface area contributed by atoms with E-state index >= 15 is 0 Å². The molecule has 0 saturated heterocycles. The van der Waals surface area contributed by atoms with Crippen LogP contribution < -0.4 is 30.2 Å². The van der Waals surface area contributed by atoms with Crippen LogP contribution in [0, 0.1) is 0 Å². The van der Waals surface area contributed by atoms with Crippen molar-refractivity contribution in [1.29, 1.82) is 0 Å². The highest BCUT2D eigenvalue weighted by Gasteiger charge is 2.21. The molecule has 6 rings (SSSR count). The standard InChI is InChI=1S/C26H20N9.BF4/c1-5-13-21(14-6-1)32-25(28-34(30-32)23-17-9-3-10-18-23)27-26-29-35(24-19-11-4-12-20-24)31-33(26)22-15-7-2-8-16-22;2-1(3,4)5/h1-20H;/q+1;-1. The molecular formula is C26H20BF4N9. The summed E-state index contributed by atoms with van der Waals surface area (Å²) in [5.74, 6) is 0.366. The normalized spacial score (nSPS) is 11.7. The maximum absolute atomic E-state index is 9.75. The summed E-state index contributed by atoms with van der Waals surface area (Å²) >= 11 is 0. The van der Waals surface area contributed by atoms with E-state index in [0.29, 0.717) is 11.6 Å². The number of hydrogen-bond acceptors (Lipinski definition) is 3.